The Balaban J connectivity index is 1.53. The zero-order valence-corrected chi connectivity index (χ0v) is 21.3. The molecule has 0 saturated carbocycles. The minimum atomic E-state index is 0.425. The molecule has 0 fully saturated rings. The molecule has 3 N–H and O–H groups in total. The lowest BCUT2D eigenvalue weighted by molar-refractivity contribution is 0.409. The van der Waals surface area contributed by atoms with E-state index >= 15 is 0 Å². The lowest BCUT2D eigenvalue weighted by Crippen LogP contribution is -2.06. The number of nitrogens with two attached hydrogens (primary N) is 1. The first-order chi connectivity index (χ1) is 17.6. The highest BCUT2D eigenvalue weighted by Gasteiger charge is 2.13. The summed E-state index contributed by atoms with van der Waals surface area (Å²) >= 11 is 0. The molecule has 1 aromatic carbocycles. The van der Waals surface area contributed by atoms with Crippen molar-refractivity contribution in [2.75, 3.05) is 32.3 Å². The van der Waals surface area contributed by atoms with Crippen LogP contribution in [0.25, 0.3) is 11.2 Å². The van der Waals surface area contributed by atoms with Crippen molar-refractivity contribution in [2.45, 2.75) is 32.7 Å². The first kappa shape index (κ1) is 24.9. The van der Waals surface area contributed by atoms with Gasteiger partial charge in [-0.3, -0.25) is 9.56 Å². The number of fused-ring (bicyclic) bond motifs is 1. The molecule has 0 aliphatic rings. The van der Waals surface area contributed by atoms with Gasteiger partial charge in [0.1, 0.15) is 17.1 Å². The summed E-state index contributed by atoms with van der Waals surface area (Å²) in [4.78, 5) is 18.0. The highest BCUT2D eigenvalue weighted by molar-refractivity contribution is 6.09. The lowest BCUT2D eigenvalue weighted by Gasteiger charge is -2.12. The number of nitrogens with zero attached hydrogens (tertiary/aromatic N) is 5. The van der Waals surface area contributed by atoms with Crippen LogP contribution in [0.4, 0.5) is 11.8 Å². The molecule has 0 unspecified atom stereocenters. The first-order valence-corrected chi connectivity index (χ1v) is 12.1. The van der Waals surface area contributed by atoms with Crippen LogP contribution in [0.15, 0.2) is 65.9 Å². The van der Waals surface area contributed by atoms with E-state index in [-0.39, 0.29) is 0 Å². The Morgan fingerprint density at radius 2 is 1.94 bits per heavy atom. The molecule has 0 atom stereocenters. The molecule has 3 aromatic heterocycles. The highest BCUT2D eigenvalue weighted by atomic mass is 16.5. The van der Waals surface area contributed by atoms with Gasteiger partial charge in [0.15, 0.2) is 5.65 Å². The molecule has 36 heavy (non-hydrogen) atoms. The molecule has 0 spiro atoms. The minimum absolute atomic E-state index is 0.425. The van der Waals surface area contributed by atoms with Gasteiger partial charge in [-0.15, -0.1) is 0 Å². The minimum Gasteiger partial charge on any atom is -0.496 e. The number of benzene rings is 1. The van der Waals surface area contributed by atoms with E-state index in [1.165, 1.54) is 5.56 Å². The van der Waals surface area contributed by atoms with Crippen LogP contribution in [0.2, 0.25) is 0 Å². The standard InChI is InChI=1S/C28H33N7O/c1-5-6-7-23(30-2)22-15-24-27(33-17-22)35(28(29)34-24)18-20-9-12-21(25(14-20)36-4)11-8-19-10-13-26(31-3)32-16-19/h6-7,9-10,12-17H,5,8,11,18H2,1-4H3,(H2,29,34)(H,31,32)/b7-6-,30-23+. The molecule has 4 rings (SSSR count). The van der Waals surface area contributed by atoms with Gasteiger partial charge in [0, 0.05) is 32.1 Å². The lowest BCUT2D eigenvalue weighted by atomic mass is 10.0. The Morgan fingerprint density at radius 3 is 2.64 bits per heavy atom. The van der Waals surface area contributed by atoms with Gasteiger partial charge in [-0.1, -0.05) is 31.2 Å². The topological polar surface area (TPSA) is 103 Å². The van der Waals surface area contributed by atoms with Crippen molar-refractivity contribution in [3.8, 4) is 5.75 Å². The largest absolute Gasteiger partial charge is 0.496 e. The molecule has 8 heteroatoms. The molecule has 186 valence electrons. The fourth-order valence-electron chi connectivity index (χ4n) is 4.13. The van der Waals surface area contributed by atoms with Crippen molar-refractivity contribution in [1.82, 2.24) is 19.5 Å². The van der Waals surface area contributed by atoms with Crippen molar-refractivity contribution >= 4 is 28.6 Å². The summed E-state index contributed by atoms with van der Waals surface area (Å²) < 4.78 is 7.64. The van der Waals surface area contributed by atoms with E-state index in [0.717, 1.165) is 64.4 Å². The monoisotopic (exact) mass is 483 g/mol. The van der Waals surface area contributed by atoms with Crippen LogP contribution >= 0.6 is 0 Å². The van der Waals surface area contributed by atoms with Crippen LogP contribution in [0.5, 0.6) is 5.75 Å². The van der Waals surface area contributed by atoms with Crippen molar-refractivity contribution in [3.63, 3.8) is 0 Å². The third-order valence-corrected chi connectivity index (χ3v) is 6.12. The number of aryl methyl sites for hydroxylation is 2. The summed E-state index contributed by atoms with van der Waals surface area (Å²) in [5.74, 6) is 2.15. The number of anilines is 2. The van der Waals surface area contributed by atoms with Gasteiger partial charge in [0.2, 0.25) is 5.95 Å². The normalized spacial score (nSPS) is 11.9. The van der Waals surface area contributed by atoms with Gasteiger partial charge in [-0.2, -0.15) is 0 Å². The average Bonchev–Trinajstić information content (AvgIpc) is 3.22. The predicted octanol–water partition coefficient (Wildman–Crippen LogP) is 4.68. The van der Waals surface area contributed by atoms with Crippen LogP contribution in [0.3, 0.4) is 0 Å². The van der Waals surface area contributed by atoms with Crippen LogP contribution in [0, 0.1) is 0 Å². The summed E-state index contributed by atoms with van der Waals surface area (Å²) in [5.41, 5.74) is 13.0. The first-order valence-electron chi connectivity index (χ1n) is 12.1. The smallest absolute Gasteiger partial charge is 0.202 e. The van der Waals surface area contributed by atoms with Crippen molar-refractivity contribution < 1.29 is 4.74 Å². The van der Waals surface area contributed by atoms with E-state index in [4.69, 9.17) is 10.5 Å². The maximum absolute atomic E-state index is 6.30. The van der Waals surface area contributed by atoms with Crippen molar-refractivity contribution in [3.05, 3.63) is 83.2 Å². The molecule has 0 amide bonds. The van der Waals surface area contributed by atoms with E-state index in [1.807, 2.05) is 42.2 Å². The second kappa shape index (κ2) is 11.5. The number of nitrogen functional groups attached to an aromatic ring is 1. The molecule has 0 aliphatic carbocycles. The summed E-state index contributed by atoms with van der Waals surface area (Å²) in [6.07, 6.45) is 10.5. The Bertz CT molecular complexity index is 1390. The Morgan fingerprint density at radius 1 is 1.11 bits per heavy atom. The number of imidazole rings is 1. The predicted molar refractivity (Wildman–Crippen MR) is 147 cm³/mol. The second-order valence-electron chi connectivity index (χ2n) is 8.49. The van der Waals surface area contributed by atoms with Gasteiger partial charge < -0.3 is 15.8 Å². The molecular weight excluding hydrogens is 450 g/mol. The fourth-order valence-corrected chi connectivity index (χ4v) is 4.13. The molecule has 4 aromatic rings. The number of pyridine rings is 2. The van der Waals surface area contributed by atoms with Gasteiger partial charge in [0.25, 0.3) is 0 Å². The molecule has 0 aliphatic heterocycles. The van der Waals surface area contributed by atoms with Gasteiger partial charge >= 0.3 is 0 Å². The van der Waals surface area contributed by atoms with Gasteiger partial charge in [0.05, 0.1) is 19.4 Å². The van der Waals surface area contributed by atoms with Crippen LogP contribution in [-0.4, -0.2) is 46.4 Å². The summed E-state index contributed by atoms with van der Waals surface area (Å²) in [6.45, 7) is 2.64. The Labute approximate surface area is 212 Å². The molecule has 0 radical (unpaired) electrons. The van der Waals surface area contributed by atoms with E-state index in [2.05, 4.69) is 62.5 Å². The fraction of sp³-hybridized carbons (Fsp3) is 0.286. The third kappa shape index (κ3) is 5.54. The summed E-state index contributed by atoms with van der Waals surface area (Å²) in [7, 11) is 5.35. The van der Waals surface area contributed by atoms with Crippen molar-refractivity contribution in [2.24, 2.45) is 4.99 Å². The molecule has 3 heterocycles. The number of rotatable bonds is 10. The third-order valence-electron chi connectivity index (χ3n) is 6.12. The number of nitrogens with one attached hydrogen (secondary N) is 1. The van der Waals surface area contributed by atoms with Crippen molar-refractivity contribution in [1.29, 1.82) is 0 Å². The van der Waals surface area contributed by atoms with Gasteiger partial charge in [-0.25, -0.2) is 15.0 Å². The maximum atomic E-state index is 6.30. The number of hydrogen-bond acceptors (Lipinski definition) is 7. The highest BCUT2D eigenvalue weighted by Crippen LogP contribution is 2.25. The zero-order valence-electron chi connectivity index (χ0n) is 21.3. The second-order valence-corrected chi connectivity index (χ2v) is 8.49. The van der Waals surface area contributed by atoms with Gasteiger partial charge in [-0.05, 0) is 60.2 Å². The van der Waals surface area contributed by atoms with E-state index < -0.39 is 0 Å². The number of methoxy groups -OCH3 is 1. The zero-order chi connectivity index (χ0) is 25.5. The van der Waals surface area contributed by atoms with Crippen LogP contribution < -0.4 is 15.8 Å². The number of aliphatic imine (C=N–C) groups is 1. The number of hydrogen-bond donors (Lipinski definition) is 2. The Kier molecular flexibility index (Phi) is 7.95. The molecule has 0 bridgehead atoms. The van der Waals surface area contributed by atoms with E-state index in [1.54, 1.807) is 14.2 Å². The number of aromatic nitrogens is 4. The molecule has 8 nitrogen and oxygen atoms in total. The molecular formula is C28H33N7O. The Hall–Kier alpha value is -4.20. The number of ether oxygens (including phenoxy) is 1. The summed E-state index contributed by atoms with van der Waals surface area (Å²) in [6, 6.07) is 12.4. The quantitative estimate of drug-likeness (QED) is 0.318. The number of allylic oxidation sites excluding steroid dienone is 2. The van der Waals surface area contributed by atoms with Crippen LogP contribution in [0.1, 0.15) is 35.6 Å². The van der Waals surface area contributed by atoms with Crippen LogP contribution in [-0.2, 0) is 19.4 Å². The maximum Gasteiger partial charge on any atom is 0.202 e. The van der Waals surface area contributed by atoms with E-state index in [9.17, 15) is 0 Å². The average molecular weight is 484 g/mol. The SMILES string of the molecule is CC/C=C\C(=N/C)c1cnc2c(c1)nc(N)n2Cc1ccc(CCc2ccc(NC)nc2)c(OC)c1. The molecule has 0 saturated heterocycles. The summed E-state index contributed by atoms with van der Waals surface area (Å²) in [5, 5.41) is 3.04. The van der Waals surface area contributed by atoms with E-state index in [0.29, 0.717) is 12.5 Å².